The molecule has 0 bridgehead atoms. The van der Waals surface area contributed by atoms with Crippen molar-refractivity contribution in [3.63, 3.8) is 0 Å². The first-order valence-electron chi connectivity index (χ1n) is 6.32. The number of likely N-dealkylation sites (tertiary alicyclic amines) is 1. The lowest BCUT2D eigenvalue weighted by atomic mass is 9.79. The van der Waals surface area contributed by atoms with Crippen molar-refractivity contribution < 1.29 is 9.59 Å². The second kappa shape index (κ2) is 5.89. The first kappa shape index (κ1) is 15.2. The molecule has 0 aromatic heterocycles. The van der Waals surface area contributed by atoms with Gasteiger partial charge in [-0.2, -0.15) is 0 Å². The highest BCUT2D eigenvalue weighted by Crippen LogP contribution is 2.36. The predicted molar refractivity (Wildman–Crippen MR) is 71.3 cm³/mol. The summed E-state index contributed by atoms with van der Waals surface area (Å²) in [7, 11) is 0. The van der Waals surface area contributed by atoms with Crippen LogP contribution in [0.4, 0.5) is 0 Å². The van der Waals surface area contributed by atoms with E-state index in [4.69, 9.17) is 5.73 Å². The fourth-order valence-electron chi connectivity index (χ4n) is 2.85. The Hall–Kier alpha value is -0.810. The maximum atomic E-state index is 12.1. The van der Waals surface area contributed by atoms with Crippen LogP contribution in [0.3, 0.4) is 0 Å². The molecule has 6 heteroatoms. The summed E-state index contributed by atoms with van der Waals surface area (Å²) in [6.07, 6.45) is 2.58. The Bertz CT molecular complexity index is 337. The number of rotatable bonds is 2. The Kier molecular flexibility index (Phi) is 4.99. The molecule has 2 aliphatic rings. The van der Waals surface area contributed by atoms with Crippen LogP contribution in [0.15, 0.2) is 0 Å². The topological polar surface area (TPSA) is 75.4 Å². The van der Waals surface area contributed by atoms with E-state index in [0.717, 1.165) is 19.4 Å². The highest BCUT2D eigenvalue weighted by Gasteiger charge is 2.43. The van der Waals surface area contributed by atoms with E-state index in [9.17, 15) is 9.59 Å². The van der Waals surface area contributed by atoms with Crippen molar-refractivity contribution in [3.05, 3.63) is 0 Å². The van der Waals surface area contributed by atoms with Crippen LogP contribution in [0.1, 0.15) is 26.2 Å². The van der Waals surface area contributed by atoms with E-state index in [-0.39, 0.29) is 35.6 Å². The van der Waals surface area contributed by atoms with Gasteiger partial charge in [0.25, 0.3) is 0 Å². The van der Waals surface area contributed by atoms with Crippen LogP contribution in [0.25, 0.3) is 0 Å². The molecule has 3 N–H and O–H groups in total. The van der Waals surface area contributed by atoms with E-state index in [0.29, 0.717) is 26.1 Å². The van der Waals surface area contributed by atoms with Gasteiger partial charge in [0, 0.05) is 43.9 Å². The molecule has 104 valence electrons. The lowest BCUT2D eigenvalue weighted by Gasteiger charge is -2.40. The van der Waals surface area contributed by atoms with Crippen molar-refractivity contribution in [1.29, 1.82) is 0 Å². The zero-order chi connectivity index (χ0) is 12.5. The van der Waals surface area contributed by atoms with Crippen molar-refractivity contribution in [2.75, 3.05) is 26.2 Å². The molecule has 2 saturated heterocycles. The third-order valence-electron chi connectivity index (χ3n) is 3.94. The summed E-state index contributed by atoms with van der Waals surface area (Å²) in [5, 5.41) is 2.88. The molecule has 0 aliphatic carbocycles. The van der Waals surface area contributed by atoms with E-state index in [1.165, 1.54) is 0 Å². The summed E-state index contributed by atoms with van der Waals surface area (Å²) in [6, 6.07) is 0. The van der Waals surface area contributed by atoms with Gasteiger partial charge in [-0.3, -0.25) is 9.59 Å². The van der Waals surface area contributed by atoms with Gasteiger partial charge in [0.1, 0.15) is 0 Å². The van der Waals surface area contributed by atoms with Gasteiger partial charge in [0.2, 0.25) is 11.8 Å². The largest absolute Gasteiger partial charge is 0.355 e. The molecule has 0 saturated carbocycles. The zero-order valence-electron chi connectivity index (χ0n) is 10.8. The van der Waals surface area contributed by atoms with Crippen LogP contribution in [0, 0.1) is 11.3 Å². The van der Waals surface area contributed by atoms with E-state index >= 15 is 0 Å². The third kappa shape index (κ3) is 2.95. The quantitative estimate of drug-likeness (QED) is 0.752. The number of nitrogens with two attached hydrogens (primary N) is 1. The number of carbonyl (C=O) groups is 2. The summed E-state index contributed by atoms with van der Waals surface area (Å²) in [6.45, 7) is 4.47. The maximum absolute atomic E-state index is 12.1. The molecule has 0 aromatic carbocycles. The smallest absolute Gasteiger partial charge is 0.226 e. The van der Waals surface area contributed by atoms with Crippen LogP contribution in [-0.4, -0.2) is 42.9 Å². The minimum atomic E-state index is -0.116. The van der Waals surface area contributed by atoms with E-state index < -0.39 is 0 Å². The van der Waals surface area contributed by atoms with E-state index in [1.54, 1.807) is 0 Å². The average Bonchev–Trinajstić information content (AvgIpc) is 2.68. The molecule has 1 spiro atoms. The Morgan fingerprint density at radius 3 is 2.89 bits per heavy atom. The summed E-state index contributed by atoms with van der Waals surface area (Å²) >= 11 is 0. The third-order valence-corrected chi connectivity index (χ3v) is 3.94. The van der Waals surface area contributed by atoms with Crippen LogP contribution in [0.2, 0.25) is 0 Å². The number of halogens is 1. The Labute approximate surface area is 114 Å². The second-order valence-corrected chi connectivity index (χ2v) is 5.45. The molecule has 2 amide bonds. The summed E-state index contributed by atoms with van der Waals surface area (Å²) < 4.78 is 0. The standard InChI is InChI=1S/C12H21N3O2.ClH/c1-9(6-13)11(17)15-4-2-3-12(8-15)5-10(16)14-7-12;/h9H,2-8,13H2,1H3,(H,14,16);1H. The fourth-order valence-corrected chi connectivity index (χ4v) is 2.85. The van der Waals surface area contributed by atoms with Crippen molar-refractivity contribution in [1.82, 2.24) is 10.2 Å². The zero-order valence-corrected chi connectivity index (χ0v) is 11.6. The van der Waals surface area contributed by atoms with Crippen molar-refractivity contribution in [2.24, 2.45) is 17.1 Å². The van der Waals surface area contributed by atoms with Gasteiger partial charge in [-0.1, -0.05) is 6.92 Å². The lowest BCUT2D eigenvalue weighted by molar-refractivity contribution is -0.138. The van der Waals surface area contributed by atoms with Crippen molar-refractivity contribution in [2.45, 2.75) is 26.2 Å². The van der Waals surface area contributed by atoms with Gasteiger partial charge in [0.05, 0.1) is 0 Å². The number of piperidine rings is 1. The van der Waals surface area contributed by atoms with Gasteiger partial charge in [0.15, 0.2) is 0 Å². The molecular weight excluding hydrogens is 254 g/mol. The number of hydrogen-bond acceptors (Lipinski definition) is 3. The number of nitrogens with zero attached hydrogens (tertiary/aromatic N) is 1. The molecule has 5 nitrogen and oxygen atoms in total. The van der Waals surface area contributed by atoms with Crippen LogP contribution in [-0.2, 0) is 9.59 Å². The monoisotopic (exact) mass is 275 g/mol. The minimum Gasteiger partial charge on any atom is -0.355 e. The van der Waals surface area contributed by atoms with Crippen molar-refractivity contribution in [3.8, 4) is 0 Å². The molecule has 2 heterocycles. The number of amides is 2. The Balaban J connectivity index is 0.00000162. The summed E-state index contributed by atoms with van der Waals surface area (Å²) in [4.78, 5) is 25.3. The Morgan fingerprint density at radius 2 is 2.33 bits per heavy atom. The highest BCUT2D eigenvalue weighted by atomic mass is 35.5. The summed E-state index contributed by atoms with van der Waals surface area (Å²) in [5.74, 6) is 0.132. The molecule has 2 rings (SSSR count). The molecule has 2 fully saturated rings. The molecular formula is C12H22ClN3O2. The van der Waals surface area contributed by atoms with Gasteiger partial charge in [-0.15, -0.1) is 12.4 Å². The number of carbonyl (C=O) groups excluding carboxylic acids is 2. The normalized spacial score (nSPS) is 28.8. The molecule has 2 unspecified atom stereocenters. The average molecular weight is 276 g/mol. The Morgan fingerprint density at radius 1 is 1.61 bits per heavy atom. The molecule has 2 atom stereocenters. The second-order valence-electron chi connectivity index (χ2n) is 5.45. The molecule has 2 aliphatic heterocycles. The molecule has 0 aromatic rings. The molecule has 18 heavy (non-hydrogen) atoms. The van der Waals surface area contributed by atoms with Crippen LogP contribution in [0.5, 0.6) is 0 Å². The number of hydrogen-bond donors (Lipinski definition) is 2. The lowest BCUT2D eigenvalue weighted by Crippen LogP contribution is -2.49. The van der Waals surface area contributed by atoms with Gasteiger partial charge in [-0.05, 0) is 12.8 Å². The van der Waals surface area contributed by atoms with Gasteiger partial charge in [-0.25, -0.2) is 0 Å². The minimum absolute atomic E-state index is 0. The first-order chi connectivity index (χ1) is 8.06. The van der Waals surface area contributed by atoms with Crippen LogP contribution >= 0.6 is 12.4 Å². The number of nitrogens with one attached hydrogen (secondary N) is 1. The highest BCUT2D eigenvalue weighted by molar-refractivity contribution is 5.85. The fraction of sp³-hybridized carbons (Fsp3) is 0.833. The van der Waals surface area contributed by atoms with Gasteiger partial charge < -0.3 is 16.0 Å². The molecule has 0 radical (unpaired) electrons. The van der Waals surface area contributed by atoms with E-state index in [1.807, 2.05) is 11.8 Å². The van der Waals surface area contributed by atoms with E-state index in [2.05, 4.69) is 5.32 Å². The summed E-state index contributed by atoms with van der Waals surface area (Å²) in [5.41, 5.74) is 5.52. The first-order valence-corrected chi connectivity index (χ1v) is 6.32. The van der Waals surface area contributed by atoms with Crippen molar-refractivity contribution >= 4 is 24.2 Å². The van der Waals surface area contributed by atoms with Crippen LogP contribution < -0.4 is 11.1 Å². The SMILES string of the molecule is CC(CN)C(=O)N1CCCC2(CNC(=O)C2)C1.Cl. The predicted octanol–water partition coefficient (Wildman–Crippen LogP) is 0.132. The maximum Gasteiger partial charge on any atom is 0.226 e. The van der Waals surface area contributed by atoms with Gasteiger partial charge >= 0.3 is 0 Å².